The molecule has 0 aliphatic heterocycles. The Morgan fingerprint density at radius 3 is 3.00 bits per heavy atom. The lowest BCUT2D eigenvalue weighted by Crippen LogP contribution is -2.39. The number of nitrogen functional groups attached to an aromatic ring is 1. The standard InChI is InChI=1S/C14H20N2O2S/c1-19-11-4-2-3-9(7-11)16-14(18)12-8-10(17)5-6-13(12)15/h5-6,8-9,11,17H,2-4,7,15H2,1H3,(H,16,18). The minimum Gasteiger partial charge on any atom is -0.508 e. The van der Waals surface area contributed by atoms with Crippen LogP contribution >= 0.6 is 11.8 Å². The second kappa shape index (κ2) is 6.19. The molecule has 4 nitrogen and oxygen atoms in total. The summed E-state index contributed by atoms with van der Waals surface area (Å²) in [5.74, 6) is -0.134. The SMILES string of the molecule is CSC1CCCC(NC(=O)c2cc(O)ccc2N)C1. The van der Waals surface area contributed by atoms with Crippen LogP contribution < -0.4 is 11.1 Å². The van der Waals surface area contributed by atoms with Crippen molar-refractivity contribution < 1.29 is 9.90 Å². The Balaban J connectivity index is 2.02. The third-order valence-corrected chi connectivity index (χ3v) is 4.67. The summed E-state index contributed by atoms with van der Waals surface area (Å²) in [6, 6.07) is 4.66. The highest BCUT2D eigenvalue weighted by Gasteiger charge is 2.23. The minimum atomic E-state index is -0.194. The van der Waals surface area contributed by atoms with E-state index in [0.29, 0.717) is 16.5 Å². The van der Waals surface area contributed by atoms with Crippen LogP contribution in [-0.2, 0) is 0 Å². The number of nitrogens with one attached hydrogen (secondary N) is 1. The van der Waals surface area contributed by atoms with Gasteiger partial charge in [0, 0.05) is 17.0 Å². The Morgan fingerprint density at radius 1 is 1.47 bits per heavy atom. The van der Waals surface area contributed by atoms with Crippen LogP contribution in [0.1, 0.15) is 36.0 Å². The average Bonchev–Trinajstić information content (AvgIpc) is 2.41. The van der Waals surface area contributed by atoms with Gasteiger partial charge in [0.25, 0.3) is 5.91 Å². The molecular formula is C14H20N2O2S. The molecule has 4 N–H and O–H groups in total. The van der Waals surface area contributed by atoms with Crippen molar-refractivity contribution in [3.05, 3.63) is 23.8 Å². The fraction of sp³-hybridized carbons (Fsp3) is 0.500. The Bertz CT molecular complexity index is 465. The number of phenolic OH excluding ortho intramolecular Hbond substituents is 1. The lowest BCUT2D eigenvalue weighted by atomic mass is 9.94. The van der Waals surface area contributed by atoms with E-state index < -0.39 is 0 Å². The number of hydrogen-bond donors (Lipinski definition) is 3. The molecule has 0 aromatic heterocycles. The number of carbonyl (C=O) groups excluding carboxylic acids is 1. The lowest BCUT2D eigenvalue weighted by Gasteiger charge is -2.28. The number of phenols is 1. The molecule has 0 spiro atoms. The van der Waals surface area contributed by atoms with E-state index in [1.54, 1.807) is 6.07 Å². The van der Waals surface area contributed by atoms with Gasteiger partial charge in [-0.3, -0.25) is 4.79 Å². The number of amides is 1. The Morgan fingerprint density at radius 2 is 2.26 bits per heavy atom. The van der Waals surface area contributed by atoms with Gasteiger partial charge in [0.05, 0.1) is 5.56 Å². The van der Waals surface area contributed by atoms with Crippen molar-refractivity contribution in [1.29, 1.82) is 0 Å². The molecule has 19 heavy (non-hydrogen) atoms. The predicted molar refractivity (Wildman–Crippen MR) is 79.5 cm³/mol. The van der Waals surface area contributed by atoms with Gasteiger partial charge in [-0.1, -0.05) is 6.42 Å². The van der Waals surface area contributed by atoms with Gasteiger partial charge in [0.1, 0.15) is 5.75 Å². The highest BCUT2D eigenvalue weighted by atomic mass is 32.2. The van der Waals surface area contributed by atoms with Crippen LogP contribution in [0.15, 0.2) is 18.2 Å². The maximum absolute atomic E-state index is 12.2. The zero-order valence-corrected chi connectivity index (χ0v) is 11.9. The second-order valence-electron chi connectivity index (χ2n) is 4.97. The molecule has 104 valence electrons. The summed E-state index contributed by atoms with van der Waals surface area (Å²) in [5.41, 5.74) is 6.52. The van der Waals surface area contributed by atoms with E-state index in [9.17, 15) is 9.90 Å². The molecule has 2 atom stereocenters. The van der Waals surface area contributed by atoms with Gasteiger partial charge < -0.3 is 16.2 Å². The molecule has 0 bridgehead atoms. The number of thioether (sulfide) groups is 1. The third-order valence-electron chi connectivity index (χ3n) is 3.58. The number of nitrogens with two attached hydrogens (primary N) is 1. The topological polar surface area (TPSA) is 75.3 Å². The number of anilines is 1. The fourth-order valence-corrected chi connectivity index (χ4v) is 3.32. The first-order valence-electron chi connectivity index (χ1n) is 6.52. The number of rotatable bonds is 3. The van der Waals surface area contributed by atoms with Crippen molar-refractivity contribution in [2.75, 3.05) is 12.0 Å². The Labute approximate surface area is 117 Å². The van der Waals surface area contributed by atoms with Crippen molar-refractivity contribution in [3.8, 4) is 5.75 Å². The molecule has 1 aromatic rings. The largest absolute Gasteiger partial charge is 0.508 e. The summed E-state index contributed by atoms with van der Waals surface area (Å²) < 4.78 is 0. The van der Waals surface area contributed by atoms with E-state index in [0.717, 1.165) is 19.3 Å². The molecule has 1 saturated carbocycles. The molecule has 2 rings (SSSR count). The van der Waals surface area contributed by atoms with Crippen LogP contribution in [0, 0.1) is 0 Å². The molecule has 1 aliphatic carbocycles. The van der Waals surface area contributed by atoms with Gasteiger partial charge in [0.15, 0.2) is 0 Å². The summed E-state index contributed by atoms with van der Waals surface area (Å²) in [5, 5.41) is 13.1. The van der Waals surface area contributed by atoms with Crippen molar-refractivity contribution >= 4 is 23.4 Å². The fourth-order valence-electron chi connectivity index (χ4n) is 2.49. The highest BCUT2D eigenvalue weighted by molar-refractivity contribution is 7.99. The highest BCUT2D eigenvalue weighted by Crippen LogP contribution is 2.27. The van der Waals surface area contributed by atoms with Crippen LogP contribution in [0.2, 0.25) is 0 Å². The first-order chi connectivity index (χ1) is 9.10. The number of hydrogen-bond acceptors (Lipinski definition) is 4. The summed E-state index contributed by atoms with van der Waals surface area (Å²) in [6.07, 6.45) is 6.50. The van der Waals surface area contributed by atoms with E-state index in [4.69, 9.17) is 5.73 Å². The zero-order valence-electron chi connectivity index (χ0n) is 11.1. The second-order valence-corrected chi connectivity index (χ2v) is 6.10. The maximum Gasteiger partial charge on any atom is 0.253 e. The van der Waals surface area contributed by atoms with Gasteiger partial charge >= 0.3 is 0 Å². The molecule has 5 heteroatoms. The zero-order chi connectivity index (χ0) is 13.8. The van der Waals surface area contributed by atoms with E-state index in [-0.39, 0.29) is 17.7 Å². The van der Waals surface area contributed by atoms with Crippen LogP contribution in [0.3, 0.4) is 0 Å². The van der Waals surface area contributed by atoms with Gasteiger partial charge in [-0.15, -0.1) is 0 Å². The summed E-state index contributed by atoms with van der Waals surface area (Å²) in [4.78, 5) is 12.2. The van der Waals surface area contributed by atoms with E-state index in [2.05, 4.69) is 11.6 Å². The normalized spacial score (nSPS) is 23.0. The van der Waals surface area contributed by atoms with Crippen LogP contribution in [0.5, 0.6) is 5.75 Å². The smallest absolute Gasteiger partial charge is 0.253 e. The van der Waals surface area contributed by atoms with E-state index >= 15 is 0 Å². The Kier molecular flexibility index (Phi) is 4.58. The van der Waals surface area contributed by atoms with Crippen molar-refractivity contribution in [2.24, 2.45) is 0 Å². The van der Waals surface area contributed by atoms with Crippen LogP contribution in [-0.4, -0.2) is 28.6 Å². The summed E-state index contributed by atoms with van der Waals surface area (Å²) in [7, 11) is 0. The molecule has 1 amide bonds. The van der Waals surface area contributed by atoms with Crippen molar-refractivity contribution in [1.82, 2.24) is 5.32 Å². The molecule has 0 heterocycles. The molecule has 0 radical (unpaired) electrons. The first-order valence-corrected chi connectivity index (χ1v) is 7.81. The van der Waals surface area contributed by atoms with Crippen LogP contribution in [0.4, 0.5) is 5.69 Å². The molecule has 1 aromatic carbocycles. The number of carbonyl (C=O) groups is 1. The summed E-state index contributed by atoms with van der Waals surface area (Å²) in [6.45, 7) is 0. The number of aromatic hydroxyl groups is 1. The van der Waals surface area contributed by atoms with Gasteiger partial charge in [0.2, 0.25) is 0 Å². The molecule has 0 saturated heterocycles. The maximum atomic E-state index is 12.2. The lowest BCUT2D eigenvalue weighted by molar-refractivity contribution is 0.0929. The number of benzene rings is 1. The molecule has 1 fully saturated rings. The minimum absolute atomic E-state index is 0.0602. The molecular weight excluding hydrogens is 260 g/mol. The average molecular weight is 280 g/mol. The van der Waals surface area contributed by atoms with Gasteiger partial charge in [-0.2, -0.15) is 11.8 Å². The quantitative estimate of drug-likeness (QED) is 0.587. The van der Waals surface area contributed by atoms with Crippen molar-refractivity contribution in [2.45, 2.75) is 37.0 Å². The molecule has 2 unspecified atom stereocenters. The van der Waals surface area contributed by atoms with Gasteiger partial charge in [-0.05, 0) is 43.7 Å². The van der Waals surface area contributed by atoms with E-state index in [1.807, 2.05) is 11.8 Å². The monoisotopic (exact) mass is 280 g/mol. The van der Waals surface area contributed by atoms with E-state index in [1.165, 1.54) is 18.6 Å². The molecule has 1 aliphatic rings. The Hall–Kier alpha value is -1.36. The third kappa shape index (κ3) is 3.56. The predicted octanol–water partition coefficient (Wildman–Crippen LogP) is 2.38. The summed E-state index contributed by atoms with van der Waals surface area (Å²) >= 11 is 1.86. The first kappa shape index (κ1) is 14.1. The van der Waals surface area contributed by atoms with Crippen molar-refractivity contribution in [3.63, 3.8) is 0 Å². The van der Waals surface area contributed by atoms with Crippen LogP contribution in [0.25, 0.3) is 0 Å². The van der Waals surface area contributed by atoms with Gasteiger partial charge in [-0.25, -0.2) is 0 Å².